The summed E-state index contributed by atoms with van der Waals surface area (Å²) in [6.07, 6.45) is 0. The molecule has 1 aliphatic heterocycles. The van der Waals surface area contributed by atoms with Gasteiger partial charge in [0.05, 0.1) is 11.7 Å². The summed E-state index contributed by atoms with van der Waals surface area (Å²) in [6, 6.07) is 15.1. The first kappa shape index (κ1) is 14.0. The van der Waals surface area contributed by atoms with Gasteiger partial charge in [-0.2, -0.15) is 4.98 Å². The summed E-state index contributed by atoms with van der Waals surface area (Å²) in [4.78, 5) is 10.8. The number of nitrogens with two attached hydrogens (primary N) is 2. The van der Waals surface area contributed by atoms with Crippen LogP contribution < -0.4 is 11.5 Å². The lowest BCUT2D eigenvalue weighted by molar-refractivity contribution is 0.219. The van der Waals surface area contributed by atoms with Gasteiger partial charge in [-0.15, -0.1) is 0 Å². The largest absolute Gasteiger partial charge is 0.383 e. The van der Waals surface area contributed by atoms with Crippen molar-refractivity contribution in [3.63, 3.8) is 0 Å². The topological polar surface area (TPSA) is 81.1 Å². The van der Waals surface area contributed by atoms with E-state index >= 15 is 0 Å². The molecular formula is C18H19N5. The molecule has 0 spiro atoms. The molecule has 0 saturated carbocycles. The molecule has 5 nitrogen and oxygen atoms in total. The summed E-state index contributed by atoms with van der Waals surface area (Å²) in [6.45, 7) is 3.74. The smallest absolute Gasteiger partial charge is 0.222 e. The Labute approximate surface area is 135 Å². The average Bonchev–Trinajstić information content (AvgIpc) is 2.85. The SMILES string of the molecule is CC1c2nc(N)nc(N)c2CN1Cc1cccc2ccccc12. The predicted octanol–water partition coefficient (Wildman–Crippen LogP) is 2.87. The summed E-state index contributed by atoms with van der Waals surface area (Å²) in [5.74, 6) is 0.750. The van der Waals surface area contributed by atoms with Crippen LogP contribution in [-0.2, 0) is 13.1 Å². The van der Waals surface area contributed by atoms with E-state index in [1.165, 1.54) is 16.3 Å². The Morgan fingerprint density at radius 3 is 2.74 bits per heavy atom. The Kier molecular flexibility index (Phi) is 3.16. The van der Waals surface area contributed by atoms with Crippen molar-refractivity contribution >= 4 is 22.5 Å². The monoisotopic (exact) mass is 305 g/mol. The van der Waals surface area contributed by atoms with Crippen LogP contribution in [0.25, 0.3) is 10.8 Å². The molecule has 0 fully saturated rings. The van der Waals surface area contributed by atoms with E-state index in [0.717, 1.165) is 24.3 Å². The molecule has 0 bridgehead atoms. The van der Waals surface area contributed by atoms with Crippen molar-refractivity contribution in [2.24, 2.45) is 0 Å². The number of rotatable bonds is 2. The summed E-state index contributed by atoms with van der Waals surface area (Å²) >= 11 is 0. The van der Waals surface area contributed by atoms with E-state index in [1.54, 1.807) is 0 Å². The highest BCUT2D eigenvalue weighted by Crippen LogP contribution is 2.36. The number of nitrogens with zero attached hydrogens (tertiary/aromatic N) is 3. The van der Waals surface area contributed by atoms with Gasteiger partial charge in [-0.3, -0.25) is 4.90 Å². The summed E-state index contributed by atoms with van der Waals surface area (Å²) < 4.78 is 0. The highest BCUT2D eigenvalue weighted by atomic mass is 15.2. The fourth-order valence-corrected chi connectivity index (χ4v) is 3.40. The van der Waals surface area contributed by atoms with Gasteiger partial charge in [0.2, 0.25) is 5.95 Å². The van der Waals surface area contributed by atoms with E-state index in [1.807, 2.05) is 0 Å². The van der Waals surface area contributed by atoms with Crippen LogP contribution in [0.1, 0.15) is 29.8 Å². The lowest BCUT2D eigenvalue weighted by Crippen LogP contribution is -2.20. The molecule has 2 heterocycles. The molecule has 116 valence electrons. The van der Waals surface area contributed by atoms with Crippen molar-refractivity contribution in [3.05, 3.63) is 59.3 Å². The van der Waals surface area contributed by atoms with E-state index in [9.17, 15) is 0 Å². The van der Waals surface area contributed by atoms with Crippen molar-refractivity contribution < 1.29 is 0 Å². The predicted molar refractivity (Wildman–Crippen MR) is 92.5 cm³/mol. The van der Waals surface area contributed by atoms with Crippen molar-refractivity contribution in [3.8, 4) is 0 Å². The van der Waals surface area contributed by atoms with Gasteiger partial charge in [-0.05, 0) is 23.3 Å². The Balaban J connectivity index is 1.69. The van der Waals surface area contributed by atoms with Crippen LogP contribution in [0.3, 0.4) is 0 Å². The first-order valence-corrected chi connectivity index (χ1v) is 7.76. The van der Waals surface area contributed by atoms with Gasteiger partial charge in [0.1, 0.15) is 5.82 Å². The van der Waals surface area contributed by atoms with Gasteiger partial charge in [-0.1, -0.05) is 42.5 Å². The van der Waals surface area contributed by atoms with Crippen LogP contribution in [0.15, 0.2) is 42.5 Å². The number of nitrogen functional groups attached to an aromatic ring is 2. The molecule has 0 amide bonds. The molecule has 3 aromatic rings. The Morgan fingerprint density at radius 1 is 1.09 bits per heavy atom. The minimum absolute atomic E-state index is 0.177. The van der Waals surface area contributed by atoms with Crippen LogP contribution in [0.5, 0.6) is 0 Å². The van der Waals surface area contributed by atoms with Gasteiger partial charge in [-0.25, -0.2) is 4.98 Å². The maximum Gasteiger partial charge on any atom is 0.222 e. The first-order chi connectivity index (χ1) is 11.1. The number of anilines is 2. The minimum atomic E-state index is 0.177. The van der Waals surface area contributed by atoms with E-state index in [0.29, 0.717) is 5.82 Å². The fraction of sp³-hybridized carbons (Fsp3) is 0.222. The van der Waals surface area contributed by atoms with Crippen LogP contribution in [-0.4, -0.2) is 14.9 Å². The lowest BCUT2D eigenvalue weighted by Gasteiger charge is -2.21. The van der Waals surface area contributed by atoms with Crippen molar-refractivity contribution in [2.45, 2.75) is 26.1 Å². The van der Waals surface area contributed by atoms with Crippen LogP contribution in [0.4, 0.5) is 11.8 Å². The fourth-order valence-electron chi connectivity index (χ4n) is 3.40. The third-order valence-corrected chi connectivity index (χ3v) is 4.65. The second-order valence-corrected chi connectivity index (χ2v) is 6.05. The van der Waals surface area contributed by atoms with Gasteiger partial charge < -0.3 is 11.5 Å². The summed E-state index contributed by atoms with van der Waals surface area (Å²) in [5, 5.41) is 2.55. The van der Waals surface area contributed by atoms with Crippen molar-refractivity contribution in [1.82, 2.24) is 14.9 Å². The van der Waals surface area contributed by atoms with E-state index in [4.69, 9.17) is 11.5 Å². The molecule has 0 radical (unpaired) electrons. The quantitative estimate of drug-likeness (QED) is 0.761. The number of aromatic nitrogens is 2. The Morgan fingerprint density at radius 2 is 1.87 bits per heavy atom. The van der Waals surface area contributed by atoms with E-state index in [-0.39, 0.29) is 12.0 Å². The third-order valence-electron chi connectivity index (χ3n) is 4.65. The Bertz CT molecular complexity index is 884. The second kappa shape index (κ2) is 5.21. The van der Waals surface area contributed by atoms with Crippen molar-refractivity contribution in [1.29, 1.82) is 0 Å². The minimum Gasteiger partial charge on any atom is -0.383 e. The van der Waals surface area contributed by atoms with E-state index in [2.05, 4.69) is 64.3 Å². The van der Waals surface area contributed by atoms with Gasteiger partial charge in [0.15, 0.2) is 0 Å². The first-order valence-electron chi connectivity index (χ1n) is 7.76. The summed E-state index contributed by atoms with van der Waals surface area (Å²) in [5.41, 5.74) is 15.0. The number of fused-ring (bicyclic) bond motifs is 2. The molecule has 0 saturated heterocycles. The highest BCUT2D eigenvalue weighted by Gasteiger charge is 2.31. The lowest BCUT2D eigenvalue weighted by atomic mass is 10.0. The highest BCUT2D eigenvalue weighted by molar-refractivity contribution is 5.85. The van der Waals surface area contributed by atoms with Gasteiger partial charge in [0.25, 0.3) is 0 Å². The number of hydrogen-bond acceptors (Lipinski definition) is 5. The molecule has 0 aliphatic carbocycles. The van der Waals surface area contributed by atoms with E-state index < -0.39 is 0 Å². The molecule has 4 rings (SSSR count). The molecule has 1 unspecified atom stereocenters. The summed E-state index contributed by atoms with van der Waals surface area (Å²) in [7, 11) is 0. The van der Waals surface area contributed by atoms with Crippen LogP contribution in [0, 0.1) is 0 Å². The van der Waals surface area contributed by atoms with Gasteiger partial charge in [0, 0.05) is 18.7 Å². The molecular weight excluding hydrogens is 286 g/mol. The zero-order valence-corrected chi connectivity index (χ0v) is 13.0. The molecule has 4 N–H and O–H groups in total. The molecule has 1 atom stereocenters. The Hall–Kier alpha value is -2.66. The standard InChI is InChI=1S/C18H19N5/c1-11-16-15(17(19)22-18(20)21-16)10-23(11)9-13-7-4-6-12-5-2-3-8-14(12)13/h2-8,11H,9-10H2,1H3,(H4,19,20,21,22). The number of benzene rings is 2. The van der Waals surface area contributed by atoms with Crippen LogP contribution >= 0.6 is 0 Å². The van der Waals surface area contributed by atoms with Gasteiger partial charge >= 0.3 is 0 Å². The zero-order chi connectivity index (χ0) is 16.0. The zero-order valence-electron chi connectivity index (χ0n) is 13.0. The molecule has 23 heavy (non-hydrogen) atoms. The molecule has 1 aliphatic rings. The maximum absolute atomic E-state index is 6.02. The molecule has 5 heteroatoms. The third kappa shape index (κ3) is 2.29. The average molecular weight is 305 g/mol. The normalized spacial score (nSPS) is 17.5. The van der Waals surface area contributed by atoms with Crippen LogP contribution in [0.2, 0.25) is 0 Å². The van der Waals surface area contributed by atoms with Crippen molar-refractivity contribution in [2.75, 3.05) is 11.5 Å². The second-order valence-electron chi connectivity index (χ2n) is 6.05. The molecule has 1 aromatic heterocycles. The molecule has 2 aromatic carbocycles. The maximum atomic E-state index is 6.02. The number of hydrogen-bond donors (Lipinski definition) is 2.